The van der Waals surface area contributed by atoms with Crippen LogP contribution in [0.5, 0.6) is 0 Å². The van der Waals surface area contributed by atoms with Crippen molar-refractivity contribution in [1.29, 1.82) is 5.26 Å². The van der Waals surface area contributed by atoms with Crippen LogP contribution in [0.4, 0.5) is 0 Å². The van der Waals surface area contributed by atoms with Crippen molar-refractivity contribution in [3.05, 3.63) is 47.5 Å². The van der Waals surface area contributed by atoms with E-state index < -0.39 is 6.10 Å². The molecule has 1 atom stereocenters. The van der Waals surface area contributed by atoms with E-state index in [0.29, 0.717) is 5.56 Å². The van der Waals surface area contributed by atoms with Crippen molar-refractivity contribution in [2.24, 2.45) is 0 Å². The minimum absolute atomic E-state index is 0.0930. The number of benzene rings is 1. The first-order chi connectivity index (χ1) is 7.36. The highest BCUT2D eigenvalue weighted by molar-refractivity contribution is 5.35. The lowest BCUT2D eigenvalue weighted by atomic mass is 9.86. The Morgan fingerprint density at radius 2 is 1.81 bits per heavy atom. The fourth-order valence-electron chi connectivity index (χ4n) is 1.43. The summed E-state index contributed by atoms with van der Waals surface area (Å²) in [6.45, 7) is 9.90. The second kappa shape index (κ2) is 4.51. The third-order valence-electron chi connectivity index (χ3n) is 2.57. The zero-order chi connectivity index (χ0) is 12.3. The van der Waals surface area contributed by atoms with Crippen LogP contribution in [0.25, 0.3) is 0 Å². The van der Waals surface area contributed by atoms with Crippen molar-refractivity contribution in [1.82, 2.24) is 0 Å². The number of aliphatic hydroxyl groups is 1. The predicted molar refractivity (Wildman–Crippen MR) is 64.9 cm³/mol. The van der Waals surface area contributed by atoms with Gasteiger partial charge in [-0.2, -0.15) is 5.26 Å². The molecule has 0 amide bonds. The summed E-state index contributed by atoms with van der Waals surface area (Å²) >= 11 is 0. The molecule has 0 aliphatic carbocycles. The summed E-state index contributed by atoms with van der Waals surface area (Å²) in [4.78, 5) is 0. The standard InChI is InChI=1S/C14H17NO/c1-10(9-15)13(16)11-5-7-12(8-6-11)14(2,3)4/h5-8,13,16H,1H2,2-4H3. The average Bonchev–Trinajstić information content (AvgIpc) is 2.26. The number of aliphatic hydroxyl groups excluding tert-OH is 1. The van der Waals surface area contributed by atoms with E-state index in [-0.39, 0.29) is 11.0 Å². The zero-order valence-electron chi connectivity index (χ0n) is 9.99. The maximum Gasteiger partial charge on any atom is 0.113 e. The quantitative estimate of drug-likeness (QED) is 0.770. The van der Waals surface area contributed by atoms with Crippen molar-refractivity contribution in [3.63, 3.8) is 0 Å². The summed E-state index contributed by atoms with van der Waals surface area (Å²) in [6.07, 6.45) is -0.890. The molecule has 1 aromatic rings. The average molecular weight is 215 g/mol. The van der Waals surface area contributed by atoms with Crippen LogP contribution in [-0.4, -0.2) is 5.11 Å². The summed E-state index contributed by atoms with van der Waals surface area (Å²) in [5.41, 5.74) is 2.17. The molecule has 1 unspecified atom stereocenters. The van der Waals surface area contributed by atoms with Gasteiger partial charge in [0, 0.05) is 0 Å². The van der Waals surface area contributed by atoms with E-state index in [2.05, 4.69) is 27.4 Å². The van der Waals surface area contributed by atoms with E-state index >= 15 is 0 Å². The normalized spacial score (nSPS) is 12.9. The fraction of sp³-hybridized carbons (Fsp3) is 0.357. The van der Waals surface area contributed by atoms with E-state index in [0.717, 1.165) is 0 Å². The van der Waals surface area contributed by atoms with Crippen LogP contribution in [0.15, 0.2) is 36.4 Å². The number of hydrogen-bond acceptors (Lipinski definition) is 2. The van der Waals surface area contributed by atoms with Crippen LogP contribution in [0.3, 0.4) is 0 Å². The van der Waals surface area contributed by atoms with Crippen LogP contribution in [0.1, 0.15) is 38.0 Å². The van der Waals surface area contributed by atoms with E-state index in [1.165, 1.54) is 5.56 Å². The Balaban J connectivity index is 2.97. The Morgan fingerprint density at radius 3 is 2.19 bits per heavy atom. The molecule has 0 radical (unpaired) electrons. The Kier molecular flexibility index (Phi) is 3.51. The maximum absolute atomic E-state index is 9.76. The van der Waals surface area contributed by atoms with Gasteiger partial charge in [-0.1, -0.05) is 51.6 Å². The molecule has 0 aliphatic heterocycles. The molecule has 2 nitrogen and oxygen atoms in total. The third kappa shape index (κ3) is 2.71. The first kappa shape index (κ1) is 12.5. The van der Waals surface area contributed by atoms with Crippen LogP contribution in [0.2, 0.25) is 0 Å². The van der Waals surface area contributed by atoms with Crippen LogP contribution in [0, 0.1) is 11.3 Å². The molecule has 1 rings (SSSR count). The molecule has 2 heteroatoms. The predicted octanol–water partition coefficient (Wildman–Crippen LogP) is 3.10. The summed E-state index contributed by atoms with van der Waals surface area (Å²) in [5, 5.41) is 18.4. The van der Waals surface area contributed by atoms with Gasteiger partial charge in [-0.05, 0) is 16.5 Å². The van der Waals surface area contributed by atoms with Crippen molar-refractivity contribution in [2.45, 2.75) is 32.3 Å². The fourth-order valence-corrected chi connectivity index (χ4v) is 1.43. The topological polar surface area (TPSA) is 44.0 Å². The largest absolute Gasteiger partial charge is 0.383 e. The van der Waals surface area contributed by atoms with E-state index in [9.17, 15) is 5.11 Å². The second-order valence-electron chi connectivity index (χ2n) is 4.91. The van der Waals surface area contributed by atoms with E-state index in [1.807, 2.05) is 30.3 Å². The van der Waals surface area contributed by atoms with Gasteiger partial charge >= 0.3 is 0 Å². The SMILES string of the molecule is C=C(C#N)C(O)c1ccc(C(C)(C)C)cc1. The van der Waals surface area contributed by atoms with Crippen molar-refractivity contribution in [2.75, 3.05) is 0 Å². The van der Waals surface area contributed by atoms with Crippen molar-refractivity contribution in [3.8, 4) is 6.07 Å². The van der Waals surface area contributed by atoms with E-state index in [4.69, 9.17) is 5.26 Å². The molecule has 84 valence electrons. The molecule has 0 bridgehead atoms. The lowest BCUT2D eigenvalue weighted by molar-refractivity contribution is 0.221. The van der Waals surface area contributed by atoms with Gasteiger partial charge in [0.1, 0.15) is 6.10 Å². The van der Waals surface area contributed by atoms with Gasteiger partial charge in [0.25, 0.3) is 0 Å². The Bertz CT molecular complexity index is 418. The zero-order valence-corrected chi connectivity index (χ0v) is 9.99. The van der Waals surface area contributed by atoms with Crippen molar-refractivity contribution >= 4 is 0 Å². The molecule has 1 aromatic carbocycles. The lowest BCUT2D eigenvalue weighted by Crippen LogP contribution is -2.11. The number of hydrogen-bond donors (Lipinski definition) is 1. The van der Waals surface area contributed by atoms with Gasteiger partial charge in [0.05, 0.1) is 11.6 Å². The number of nitriles is 1. The monoisotopic (exact) mass is 215 g/mol. The molecule has 0 spiro atoms. The molecule has 0 heterocycles. The van der Waals surface area contributed by atoms with Crippen LogP contribution < -0.4 is 0 Å². The minimum Gasteiger partial charge on any atom is -0.383 e. The minimum atomic E-state index is -0.890. The second-order valence-corrected chi connectivity index (χ2v) is 4.91. The molecule has 1 N–H and O–H groups in total. The van der Waals surface area contributed by atoms with Gasteiger partial charge in [0.15, 0.2) is 0 Å². The lowest BCUT2D eigenvalue weighted by Gasteiger charge is -2.19. The van der Waals surface area contributed by atoms with Gasteiger partial charge in [-0.15, -0.1) is 0 Å². The highest BCUT2D eigenvalue weighted by atomic mass is 16.3. The molecule has 0 saturated heterocycles. The van der Waals surface area contributed by atoms with Crippen LogP contribution >= 0.6 is 0 Å². The summed E-state index contributed by atoms with van der Waals surface area (Å²) in [5.74, 6) is 0. The Morgan fingerprint density at radius 1 is 1.31 bits per heavy atom. The van der Waals surface area contributed by atoms with Gasteiger partial charge in [-0.25, -0.2) is 0 Å². The van der Waals surface area contributed by atoms with Gasteiger partial charge in [0.2, 0.25) is 0 Å². The summed E-state index contributed by atoms with van der Waals surface area (Å²) in [6, 6.07) is 9.50. The third-order valence-corrected chi connectivity index (χ3v) is 2.57. The first-order valence-corrected chi connectivity index (χ1v) is 5.23. The molecule has 0 fully saturated rings. The molecule has 0 saturated carbocycles. The highest BCUT2D eigenvalue weighted by Gasteiger charge is 2.15. The molecular weight excluding hydrogens is 198 g/mol. The highest BCUT2D eigenvalue weighted by Crippen LogP contribution is 2.25. The number of nitrogens with zero attached hydrogens (tertiary/aromatic N) is 1. The maximum atomic E-state index is 9.76. The van der Waals surface area contributed by atoms with Gasteiger partial charge < -0.3 is 5.11 Å². The molecular formula is C14H17NO. The van der Waals surface area contributed by atoms with Crippen LogP contribution in [-0.2, 0) is 5.41 Å². The molecule has 0 aromatic heterocycles. The Labute approximate surface area is 96.8 Å². The first-order valence-electron chi connectivity index (χ1n) is 5.23. The van der Waals surface area contributed by atoms with Crippen molar-refractivity contribution < 1.29 is 5.11 Å². The smallest absolute Gasteiger partial charge is 0.113 e. The summed E-state index contributed by atoms with van der Waals surface area (Å²) in [7, 11) is 0. The molecule has 16 heavy (non-hydrogen) atoms. The van der Waals surface area contributed by atoms with Gasteiger partial charge in [-0.3, -0.25) is 0 Å². The molecule has 0 aliphatic rings. The summed E-state index contributed by atoms with van der Waals surface area (Å²) < 4.78 is 0. The van der Waals surface area contributed by atoms with E-state index in [1.54, 1.807) is 0 Å². The Hall–Kier alpha value is -1.59. The number of rotatable bonds is 2.